The molecule has 1 amide bonds. The highest BCUT2D eigenvalue weighted by Gasteiger charge is 2.21. The highest BCUT2D eigenvalue weighted by molar-refractivity contribution is 5.73. The van der Waals surface area contributed by atoms with E-state index in [1.54, 1.807) is 6.92 Å². The fourth-order valence-corrected chi connectivity index (χ4v) is 2.16. The lowest BCUT2D eigenvalue weighted by atomic mass is 9.91. The largest absolute Gasteiger partial charge is 0.354 e. The molecule has 3 heteroatoms. The number of amides is 1. The highest BCUT2D eigenvalue weighted by atomic mass is 16.1. The lowest BCUT2D eigenvalue weighted by molar-refractivity contribution is -0.119. The van der Waals surface area contributed by atoms with Gasteiger partial charge in [-0.15, -0.1) is 0 Å². The third-order valence-electron chi connectivity index (χ3n) is 2.70. The van der Waals surface area contributed by atoms with Crippen LogP contribution in [0.15, 0.2) is 0 Å². The minimum absolute atomic E-state index is 0.102. The van der Waals surface area contributed by atoms with Gasteiger partial charge in [-0.3, -0.25) is 4.79 Å². The maximum atomic E-state index is 10.8. The smallest absolute Gasteiger partial charge is 0.217 e. The Morgan fingerprint density at radius 1 is 1.14 bits per heavy atom. The van der Waals surface area contributed by atoms with Gasteiger partial charge in [0.25, 0.3) is 0 Å². The number of nitrogens with one attached hydrogen (secondary N) is 2. The van der Waals surface area contributed by atoms with E-state index in [-0.39, 0.29) is 5.91 Å². The van der Waals surface area contributed by atoms with E-state index in [1.807, 2.05) is 0 Å². The van der Waals surface area contributed by atoms with Crippen LogP contribution in [-0.4, -0.2) is 24.0 Å². The molecule has 0 saturated heterocycles. The van der Waals surface area contributed by atoms with Gasteiger partial charge >= 0.3 is 0 Å². The number of rotatable bonds is 3. The van der Waals surface area contributed by atoms with Crippen molar-refractivity contribution in [3.05, 3.63) is 0 Å². The fraction of sp³-hybridized carbons (Fsp3) is 0.909. The SMILES string of the molecule is CC(=O)NC1CCC(NC(C)C)CC1. The molecule has 2 N–H and O–H groups in total. The maximum Gasteiger partial charge on any atom is 0.217 e. The summed E-state index contributed by atoms with van der Waals surface area (Å²) in [4.78, 5) is 10.8. The van der Waals surface area contributed by atoms with E-state index in [4.69, 9.17) is 0 Å². The first kappa shape index (κ1) is 11.5. The predicted octanol–water partition coefficient (Wildman–Crippen LogP) is 1.43. The third kappa shape index (κ3) is 4.09. The van der Waals surface area contributed by atoms with Crippen LogP contribution in [0, 0.1) is 0 Å². The molecule has 0 aromatic carbocycles. The van der Waals surface area contributed by atoms with Crippen molar-refractivity contribution in [2.45, 2.75) is 64.6 Å². The molecule has 0 radical (unpaired) electrons. The molecular formula is C11H22N2O. The molecule has 0 bridgehead atoms. The molecule has 14 heavy (non-hydrogen) atoms. The molecule has 0 unspecified atom stereocenters. The molecule has 1 fully saturated rings. The van der Waals surface area contributed by atoms with Gasteiger partial charge in [0.05, 0.1) is 0 Å². The van der Waals surface area contributed by atoms with Crippen molar-refractivity contribution >= 4 is 5.91 Å². The molecule has 3 nitrogen and oxygen atoms in total. The van der Waals surface area contributed by atoms with Gasteiger partial charge in [-0.25, -0.2) is 0 Å². The van der Waals surface area contributed by atoms with Crippen LogP contribution in [-0.2, 0) is 4.79 Å². The van der Waals surface area contributed by atoms with Crippen LogP contribution < -0.4 is 10.6 Å². The Labute approximate surface area is 86.6 Å². The molecule has 1 saturated carbocycles. The van der Waals surface area contributed by atoms with Gasteiger partial charge in [0.2, 0.25) is 5.91 Å². The van der Waals surface area contributed by atoms with E-state index in [0.717, 1.165) is 12.8 Å². The molecule has 0 spiro atoms. The van der Waals surface area contributed by atoms with Crippen molar-refractivity contribution in [3.63, 3.8) is 0 Å². The molecule has 0 atom stereocenters. The minimum Gasteiger partial charge on any atom is -0.354 e. The summed E-state index contributed by atoms with van der Waals surface area (Å²) in [7, 11) is 0. The highest BCUT2D eigenvalue weighted by Crippen LogP contribution is 2.18. The quantitative estimate of drug-likeness (QED) is 0.720. The van der Waals surface area contributed by atoms with Crippen LogP contribution >= 0.6 is 0 Å². The number of hydrogen-bond acceptors (Lipinski definition) is 2. The summed E-state index contributed by atoms with van der Waals surface area (Å²) >= 11 is 0. The van der Waals surface area contributed by atoms with Crippen LogP contribution in [0.2, 0.25) is 0 Å². The predicted molar refractivity (Wildman–Crippen MR) is 58.1 cm³/mol. The van der Waals surface area contributed by atoms with Gasteiger partial charge in [0, 0.05) is 25.0 Å². The first-order valence-electron chi connectivity index (χ1n) is 5.61. The number of hydrogen-bond donors (Lipinski definition) is 2. The second-order valence-corrected chi connectivity index (χ2v) is 4.57. The molecule has 1 aliphatic carbocycles. The Morgan fingerprint density at radius 2 is 1.64 bits per heavy atom. The van der Waals surface area contributed by atoms with Crippen LogP contribution in [0.5, 0.6) is 0 Å². The van der Waals surface area contributed by atoms with Crippen molar-refractivity contribution in [1.82, 2.24) is 10.6 Å². The average Bonchev–Trinajstić information content (AvgIpc) is 2.06. The van der Waals surface area contributed by atoms with E-state index < -0.39 is 0 Å². The zero-order valence-corrected chi connectivity index (χ0v) is 9.47. The summed E-state index contributed by atoms with van der Waals surface area (Å²) in [5.74, 6) is 0.102. The van der Waals surface area contributed by atoms with Gasteiger partial charge in [-0.05, 0) is 25.7 Å². The van der Waals surface area contributed by atoms with Crippen molar-refractivity contribution < 1.29 is 4.79 Å². The summed E-state index contributed by atoms with van der Waals surface area (Å²) in [6, 6.07) is 1.63. The van der Waals surface area contributed by atoms with Crippen molar-refractivity contribution in [2.24, 2.45) is 0 Å². The normalized spacial score (nSPS) is 27.7. The monoisotopic (exact) mass is 198 g/mol. The summed E-state index contributed by atoms with van der Waals surface area (Å²) in [5, 5.41) is 6.53. The maximum absolute atomic E-state index is 10.8. The fourth-order valence-electron chi connectivity index (χ4n) is 2.16. The molecule has 0 aromatic heterocycles. The van der Waals surface area contributed by atoms with E-state index in [1.165, 1.54) is 12.8 Å². The van der Waals surface area contributed by atoms with Gasteiger partial charge in [-0.1, -0.05) is 13.8 Å². The molecule has 82 valence electrons. The molecule has 0 heterocycles. The Bertz CT molecular complexity index is 184. The molecule has 1 rings (SSSR count). The summed E-state index contributed by atoms with van der Waals surface area (Å²) in [6.07, 6.45) is 4.60. The van der Waals surface area contributed by atoms with E-state index >= 15 is 0 Å². The van der Waals surface area contributed by atoms with Crippen LogP contribution in [0.25, 0.3) is 0 Å². The summed E-state index contributed by atoms with van der Waals surface area (Å²) < 4.78 is 0. The third-order valence-corrected chi connectivity index (χ3v) is 2.70. The van der Waals surface area contributed by atoms with Crippen molar-refractivity contribution in [2.75, 3.05) is 0 Å². The van der Waals surface area contributed by atoms with Gasteiger partial charge in [-0.2, -0.15) is 0 Å². The topological polar surface area (TPSA) is 41.1 Å². The zero-order valence-electron chi connectivity index (χ0n) is 9.47. The Morgan fingerprint density at radius 3 is 2.07 bits per heavy atom. The van der Waals surface area contributed by atoms with Gasteiger partial charge in [0.15, 0.2) is 0 Å². The zero-order chi connectivity index (χ0) is 10.6. The molecular weight excluding hydrogens is 176 g/mol. The standard InChI is InChI=1S/C11H22N2O/c1-8(2)12-10-4-6-11(7-5-10)13-9(3)14/h8,10-12H,4-7H2,1-3H3,(H,13,14). The first-order chi connectivity index (χ1) is 6.58. The van der Waals surface area contributed by atoms with E-state index in [9.17, 15) is 4.79 Å². The second kappa shape index (κ2) is 5.35. The molecule has 0 aromatic rings. The number of carbonyl (C=O) groups excluding carboxylic acids is 1. The summed E-state index contributed by atoms with van der Waals surface area (Å²) in [5.41, 5.74) is 0. The number of carbonyl (C=O) groups is 1. The second-order valence-electron chi connectivity index (χ2n) is 4.57. The Hall–Kier alpha value is -0.570. The van der Waals surface area contributed by atoms with Crippen molar-refractivity contribution in [3.8, 4) is 0 Å². The molecule has 0 aliphatic heterocycles. The summed E-state index contributed by atoms with van der Waals surface area (Å²) in [6.45, 7) is 5.96. The Kier molecular flexibility index (Phi) is 4.39. The first-order valence-corrected chi connectivity index (χ1v) is 5.61. The van der Waals surface area contributed by atoms with Gasteiger partial charge in [0.1, 0.15) is 0 Å². The molecule has 1 aliphatic rings. The lowest BCUT2D eigenvalue weighted by Crippen LogP contribution is -2.43. The van der Waals surface area contributed by atoms with E-state index in [2.05, 4.69) is 24.5 Å². The Balaban J connectivity index is 2.21. The van der Waals surface area contributed by atoms with Crippen molar-refractivity contribution in [1.29, 1.82) is 0 Å². The van der Waals surface area contributed by atoms with Crippen LogP contribution in [0.4, 0.5) is 0 Å². The van der Waals surface area contributed by atoms with Crippen LogP contribution in [0.1, 0.15) is 46.5 Å². The van der Waals surface area contributed by atoms with E-state index in [0.29, 0.717) is 18.1 Å². The lowest BCUT2D eigenvalue weighted by Gasteiger charge is -2.30. The van der Waals surface area contributed by atoms with Crippen LogP contribution in [0.3, 0.4) is 0 Å². The minimum atomic E-state index is 0.102. The van der Waals surface area contributed by atoms with Gasteiger partial charge < -0.3 is 10.6 Å². The average molecular weight is 198 g/mol.